The second-order valence-corrected chi connectivity index (χ2v) is 19.0. The number of likely N-dealkylation sites (tertiary alicyclic amines) is 1. The molecule has 15 heteroatoms. The highest BCUT2D eigenvalue weighted by molar-refractivity contribution is 5.99. The molecule has 4 atom stereocenters. The van der Waals surface area contributed by atoms with E-state index in [4.69, 9.17) is 0 Å². The van der Waals surface area contributed by atoms with Crippen LogP contribution in [0.3, 0.4) is 0 Å². The van der Waals surface area contributed by atoms with Gasteiger partial charge in [0.25, 0.3) is 0 Å². The fourth-order valence-corrected chi connectivity index (χ4v) is 8.01. The Balaban J connectivity index is 1.94. The summed E-state index contributed by atoms with van der Waals surface area (Å²) in [5.41, 5.74) is -1.86. The predicted octanol–water partition coefficient (Wildman–Crippen LogP) is 3.47. The number of likely N-dealkylation sites (N-methyl/N-ethyl adjacent to an activating group) is 1. The van der Waals surface area contributed by atoms with Gasteiger partial charge < -0.3 is 40.9 Å². The van der Waals surface area contributed by atoms with Gasteiger partial charge in [0.05, 0.1) is 11.8 Å². The second-order valence-electron chi connectivity index (χ2n) is 19.0. The van der Waals surface area contributed by atoms with E-state index in [1.807, 2.05) is 51.1 Å². The van der Waals surface area contributed by atoms with Gasteiger partial charge in [-0.05, 0) is 60.8 Å². The Labute approximate surface area is 350 Å². The van der Waals surface area contributed by atoms with E-state index in [2.05, 4.69) is 16.0 Å². The van der Waals surface area contributed by atoms with Crippen molar-refractivity contribution in [1.82, 2.24) is 30.7 Å². The number of rotatable bonds is 19. The number of aliphatic carboxylic acids is 1. The van der Waals surface area contributed by atoms with Crippen LogP contribution in [0.1, 0.15) is 119 Å². The van der Waals surface area contributed by atoms with Crippen LogP contribution < -0.4 is 16.0 Å². The molecular weight excluding hydrogens is 757 g/mol. The van der Waals surface area contributed by atoms with E-state index in [1.165, 1.54) is 4.90 Å². The highest BCUT2D eigenvalue weighted by Gasteiger charge is 2.53. The molecule has 2 aliphatic rings. The predicted molar refractivity (Wildman–Crippen MR) is 223 cm³/mol. The van der Waals surface area contributed by atoms with E-state index in [9.17, 15) is 43.8 Å². The molecule has 1 aromatic rings. The maximum Gasteiger partial charge on any atom is 0.312 e. The number of carboxylic acid groups (broad SMARTS) is 1. The molecule has 330 valence electrons. The summed E-state index contributed by atoms with van der Waals surface area (Å²) in [5.74, 6) is -5.33. The van der Waals surface area contributed by atoms with Crippen LogP contribution in [0.4, 0.5) is 0 Å². The summed E-state index contributed by atoms with van der Waals surface area (Å²) in [4.78, 5) is 101. The molecule has 3 rings (SSSR count). The van der Waals surface area contributed by atoms with Crippen molar-refractivity contribution < 1.29 is 43.8 Å². The molecule has 6 amide bonds. The van der Waals surface area contributed by atoms with E-state index >= 15 is 0 Å². The zero-order chi connectivity index (χ0) is 44.3. The third-order valence-corrected chi connectivity index (χ3v) is 11.7. The number of amides is 6. The molecule has 2 fully saturated rings. The molecule has 15 nitrogen and oxygen atoms in total. The van der Waals surface area contributed by atoms with Gasteiger partial charge in [0.2, 0.25) is 35.4 Å². The highest BCUT2D eigenvalue weighted by atomic mass is 16.4. The summed E-state index contributed by atoms with van der Waals surface area (Å²) < 4.78 is 0. The number of hydrogen-bond donors (Lipinski definition) is 5. The third-order valence-electron chi connectivity index (χ3n) is 11.7. The summed E-state index contributed by atoms with van der Waals surface area (Å²) >= 11 is 0. The Morgan fingerprint density at radius 3 is 1.93 bits per heavy atom. The Bertz CT molecular complexity index is 1620. The summed E-state index contributed by atoms with van der Waals surface area (Å²) in [6.45, 7) is 15.0. The molecular formula is C44H70N6O9. The summed E-state index contributed by atoms with van der Waals surface area (Å²) in [6, 6.07) is 4.17. The van der Waals surface area contributed by atoms with Crippen molar-refractivity contribution in [1.29, 1.82) is 0 Å². The van der Waals surface area contributed by atoms with Gasteiger partial charge in [0.1, 0.15) is 30.9 Å². The number of nitrogens with one attached hydrogen (secondary N) is 3. The number of carbonyl (C=O) groups excluding carboxylic acids is 6. The van der Waals surface area contributed by atoms with Gasteiger partial charge in [-0.15, -0.1) is 0 Å². The SMILES string of the molecule is CC(C)C(C(=O)NC(C(=O)NC(CC(=O)N1CCCC1)C(=O)NC(C(=O)N(CO)CCC(C)(C)C)C1(C(=O)O)CCCC1)C(C)(C)C)N(C)C(=O)CCc1ccccc1. The molecule has 0 spiro atoms. The van der Waals surface area contributed by atoms with E-state index in [1.54, 1.807) is 46.6 Å². The third kappa shape index (κ3) is 13.5. The van der Waals surface area contributed by atoms with Crippen molar-refractivity contribution in [3.8, 4) is 0 Å². The van der Waals surface area contributed by atoms with E-state index in [-0.39, 0.29) is 43.0 Å². The van der Waals surface area contributed by atoms with Crippen LogP contribution in [0.5, 0.6) is 0 Å². The molecule has 1 heterocycles. The molecule has 1 aromatic carbocycles. The number of aliphatic hydroxyl groups excluding tert-OH is 1. The van der Waals surface area contributed by atoms with E-state index in [0.717, 1.165) is 23.3 Å². The smallest absolute Gasteiger partial charge is 0.312 e. The zero-order valence-electron chi connectivity index (χ0n) is 36.8. The number of carboxylic acids is 1. The number of benzene rings is 1. The number of carbonyl (C=O) groups is 7. The van der Waals surface area contributed by atoms with Crippen LogP contribution in [0.15, 0.2) is 30.3 Å². The van der Waals surface area contributed by atoms with Crippen molar-refractivity contribution >= 4 is 41.4 Å². The lowest BCUT2D eigenvalue weighted by Crippen LogP contribution is -2.64. The first-order valence-corrected chi connectivity index (χ1v) is 21.1. The number of hydrogen-bond acceptors (Lipinski definition) is 8. The summed E-state index contributed by atoms with van der Waals surface area (Å²) in [5, 5.41) is 29.1. The van der Waals surface area contributed by atoms with Crippen molar-refractivity contribution in [3.63, 3.8) is 0 Å². The highest BCUT2D eigenvalue weighted by Crippen LogP contribution is 2.42. The first-order valence-electron chi connectivity index (χ1n) is 21.1. The monoisotopic (exact) mass is 827 g/mol. The van der Waals surface area contributed by atoms with Gasteiger partial charge >= 0.3 is 5.97 Å². The average Bonchev–Trinajstić information content (AvgIpc) is 3.88. The van der Waals surface area contributed by atoms with Gasteiger partial charge in [-0.2, -0.15) is 0 Å². The minimum Gasteiger partial charge on any atom is -0.481 e. The number of nitrogens with zero attached hydrogens (tertiary/aromatic N) is 3. The van der Waals surface area contributed by atoms with Crippen LogP contribution in [-0.2, 0) is 40.0 Å². The first-order chi connectivity index (χ1) is 27.5. The summed E-state index contributed by atoms with van der Waals surface area (Å²) in [6.07, 6.45) is 3.39. The molecule has 5 N–H and O–H groups in total. The van der Waals surface area contributed by atoms with E-state index < -0.39 is 83.7 Å². The normalized spacial score (nSPS) is 17.4. The second kappa shape index (κ2) is 21.1. The minimum absolute atomic E-state index is 0.0969. The van der Waals surface area contributed by atoms with Gasteiger partial charge in [-0.25, -0.2) is 0 Å². The average molecular weight is 827 g/mol. The Kier molecular flexibility index (Phi) is 17.5. The standard InChI is InChI=1S/C44H70N6O9/c1-29(2)34(48(9)32(52)20-19-30-17-11-10-12-18-30)38(55)46-35(43(6,7)8)39(56)45-31(27-33(53)49-24-15-16-25-49)37(54)47-36(44(41(58)59)21-13-14-22-44)40(57)50(28-51)26-23-42(3,4)5/h10-12,17-18,29,31,34-36,51H,13-16,19-28H2,1-9H3,(H,45,56)(H,46,55)(H,47,54)(H,58,59). The molecule has 1 saturated heterocycles. The molecule has 1 aliphatic carbocycles. The molecule has 1 saturated carbocycles. The fraction of sp³-hybridized carbons (Fsp3) is 0.705. The lowest BCUT2D eigenvalue weighted by Gasteiger charge is -2.38. The topological polar surface area (TPSA) is 206 Å². The van der Waals surface area contributed by atoms with Crippen LogP contribution in [0.2, 0.25) is 0 Å². The molecule has 1 aliphatic heterocycles. The van der Waals surface area contributed by atoms with E-state index in [0.29, 0.717) is 38.8 Å². The maximum absolute atomic E-state index is 14.5. The zero-order valence-corrected chi connectivity index (χ0v) is 36.8. The molecule has 0 bridgehead atoms. The van der Waals surface area contributed by atoms with Crippen molar-refractivity contribution in [2.45, 2.75) is 144 Å². The van der Waals surface area contributed by atoms with Crippen LogP contribution in [0.25, 0.3) is 0 Å². The van der Waals surface area contributed by atoms with Crippen molar-refractivity contribution in [2.75, 3.05) is 33.4 Å². The molecule has 4 unspecified atom stereocenters. The lowest BCUT2D eigenvalue weighted by atomic mass is 9.77. The van der Waals surface area contributed by atoms with Crippen molar-refractivity contribution in [3.05, 3.63) is 35.9 Å². The van der Waals surface area contributed by atoms with Crippen LogP contribution >= 0.6 is 0 Å². The van der Waals surface area contributed by atoms with Gasteiger partial charge in [-0.3, -0.25) is 33.6 Å². The van der Waals surface area contributed by atoms with Crippen molar-refractivity contribution in [2.24, 2.45) is 22.2 Å². The van der Waals surface area contributed by atoms with Gasteiger partial charge in [0, 0.05) is 33.1 Å². The molecule has 0 radical (unpaired) electrons. The first kappa shape index (κ1) is 48.8. The Morgan fingerprint density at radius 1 is 0.831 bits per heavy atom. The Hall–Kier alpha value is -4.53. The Morgan fingerprint density at radius 2 is 1.42 bits per heavy atom. The number of aryl methyl sites for hydroxylation is 1. The lowest BCUT2D eigenvalue weighted by molar-refractivity contribution is -0.159. The molecule has 59 heavy (non-hydrogen) atoms. The maximum atomic E-state index is 14.5. The quantitative estimate of drug-likeness (QED) is 0.129. The minimum atomic E-state index is -1.69. The van der Waals surface area contributed by atoms with Gasteiger partial charge in [0.15, 0.2) is 0 Å². The van der Waals surface area contributed by atoms with Gasteiger partial charge in [-0.1, -0.05) is 98.6 Å². The summed E-state index contributed by atoms with van der Waals surface area (Å²) in [7, 11) is 1.56. The molecule has 0 aromatic heterocycles. The van der Waals surface area contributed by atoms with Crippen LogP contribution in [-0.4, -0.2) is 124 Å². The largest absolute Gasteiger partial charge is 0.481 e. The fourth-order valence-electron chi connectivity index (χ4n) is 8.01. The van der Waals surface area contributed by atoms with Crippen LogP contribution in [0, 0.1) is 22.2 Å². The number of aliphatic hydroxyl groups is 1.